The highest BCUT2D eigenvalue weighted by molar-refractivity contribution is 5.68. The Balaban J connectivity index is 2.65. The van der Waals surface area contributed by atoms with E-state index in [0.29, 0.717) is 5.82 Å². The summed E-state index contributed by atoms with van der Waals surface area (Å²) in [6.45, 7) is 3.98. The lowest BCUT2D eigenvalue weighted by atomic mass is 10.1. The van der Waals surface area contributed by atoms with E-state index >= 15 is 0 Å². The number of nitrogens with two attached hydrogens (primary N) is 2. The second kappa shape index (κ2) is 3.83. The summed E-state index contributed by atoms with van der Waals surface area (Å²) < 4.78 is 1.50. The third kappa shape index (κ3) is 1.70. The molecule has 1 aromatic carbocycles. The molecule has 0 aliphatic carbocycles. The van der Waals surface area contributed by atoms with Crippen LogP contribution in [0.4, 0.5) is 11.5 Å². The molecule has 0 fully saturated rings. The number of aromatic nitrogens is 2. The fourth-order valence-corrected chi connectivity index (χ4v) is 1.75. The standard InChI is InChI=1S/C12H13N5/c1-7-3-4-10(8(2)5-7)17-12(15)11(14)9(6-13)16-17/h3-5H,14-15H2,1-2H3. The van der Waals surface area contributed by atoms with Crippen molar-refractivity contribution in [2.75, 3.05) is 11.5 Å². The Bertz CT molecular complexity index is 619. The van der Waals surface area contributed by atoms with Crippen molar-refractivity contribution in [2.45, 2.75) is 13.8 Å². The van der Waals surface area contributed by atoms with Crippen LogP contribution in [0, 0.1) is 25.2 Å². The summed E-state index contributed by atoms with van der Waals surface area (Å²) >= 11 is 0. The van der Waals surface area contributed by atoms with Crippen molar-refractivity contribution in [1.82, 2.24) is 9.78 Å². The molecule has 0 bridgehead atoms. The van der Waals surface area contributed by atoms with Gasteiger partial charge in [-0.1, -0.05) is 17.7 Å². The number of nitrogen functional groups attached to an aromatic ring is 2. The Morgan fingerprint density at radius 2 is 2.00 bits per heavy atom. The van der Waals surface area contributed by atoms with Gasteiger partial charge in [-0.05, 0) is 25.5 Å². The molecular weight excluding hydrogens is 214 g/mol. The molecule has 5 nitrogen and oxygen atoms in total. The quantitative estimate of drug-likeness (QED) is 0.772. The van der Waals surface area contributed by atoms with Crippen LogP contribution in [0.25, 0.3) is 5.69 Å². The van der Waals surface area contributed by atoms with E-state index in [-0.39, 0.29) is 11.4 Å². The third-order valence-corrected chi connectivity index (χ3v) is 2.65. The number of benzene rings is 1. The van der Waals surface area contributed by atoms with Gasteiger partial charge >= 0.3 is 0 Å². The van der Waals surface area contributed by atoms with Crippen LogP contribution in [0.3, 0.4) is 0 Å². The van der Waals surface area contributed by atoms with Crippen LogP contribution >= 0.6 is 0 Å². The first-order valence-electron chi connectivity index (χ1n) is 5.16. The fraction of sp³-hybridized carbons (Fsp3) is 0.167. The van der Waals surface area contributed by atoms with Crippen LogP contribution in [0.2, 0.25) is 0 Å². The molecule has 0 saturated heterocycles. The average molecular weight is 227 g/mol. The normalized spacial score (nSPS) is 10.2. The van der Waals surface area contributed by atoms with E-state index in [1.54, 1.807) is 0 Å². The average Bonchev–Trinajstić information content (AvgIpc) is 2.57. The van der Waals surface area contributed by atoms with Crippen molar-refractivity contribution in [1.29, 1.82) is 5.26 Å². The predicted octanol–water partition coefficient (Wildman–Crippen LogP) is 1.53. The maximum Gasteiger partial charge on any atom is 0.188 e. The zero-order valence-corrected chi connectivity index (χ0v) is 9.73. The molecule has 0 aliphatic rings. The minimum absolute atomic E-state index is 0.155. The number of nitriles is 1. The van der Waals surface area contributed by atoms with E-state index in [1.807, 2.05) is 38.1 Å². The molecule has 86 valence electrons. The summed E-state index contributed by atoms with van der Waals surface area (Å²) in [4.78, 5) is 0. The van der Waals surface area contributed by atoms with Gasteiger partial charge in [-0.25, -0.2) is 4.68 Å². The molecule has 2 rings (SSSR count). The van der Waals surface area contributed by atoms with Crippen LogP contribution in [-0.2, 0) is 0 Å². The van der Waals surface area contributed by atoms with Gasteiger partial charge in [0.1, 0.15) is 11.8 Å². The molecule has 4 N–H and O–H groups in total. The van der Waals surface area contributed by atoms with Crippen LogP contribution in [0.15, 0.2) is 18.2 Å². The van der Waals surface area contributed by atoms with Gasteiger partial charge < -0.3 is 11.5 Å². The lowest BCUT2D eigenvalue weighted by Gasteiger charge is -2.08. The van der Waals surface area contributed by atoms with Crippen molar-refractivity contribution in [3.8, 4) is 11.8 Å². The van der Waals surface area contributed by atoms with Gasteiger partial charge in [-0.15, -0.1) is 0 Å². The molecule has 0 radical (unpaired) electrons. The van der Waals surface area contributed by atoms with Gasteiger partial charge in [-0.2, -0.15) is 10.4 Å². The van der Waals surface area contributed by atoms with Crippen molar-refractivity contribution >= 4 is 11.5 Å². The summed E-state index contributed by atoms with van der Waals surface area (Å²) in [7, 11) is 0. The van der Waals surface area contributed by atoms with E-state index < -0.39 is 0 Å². The third-order valence-electron chi connectivity index (χ3n) is 2.65. The first-order chi connectivity index (χ1) is 8.04. The van der Waals surface area contributed by atoms with Gasteiger partial charge in [-0.3, -0.25) is 0 Å². The maximum atomic E-state index is 8.86. The van der Waals surface area contributed by atoms with Crippen molar-refractivity contribution in [3.63, 3.8) is 0 Å². The molecule has 0 amide bonds. The topological polar surface area (TPSA) is 93.6 Å². The SMILES string of the molecule is Cc1ccc(-n2nc(C#N)c(N)c2N)c(C)c1. The Morgan fingerprint density at radius 3 is 2.53 bits per heavy atom. The van der Waals surface area contributed by atoms with Gasteiger partial charge in [0.05, 0.1) is 5.69 Å². The van der Waals surface area contributed by atoms with E-state index in [0.717, 1.165) is 16.8 Å². The Kier molecular flexibility index (Phi) is 2.48. The highest BCUT2D eigenvalue weighted by atomic mass is 15.3. The second-order valence-corrected chi connectivity index (χ2v) is 3.96. The van der Waals surface area contributed by atoms with Gasteiger partial charge in [0.15, 0.2) is 11.5 Å². The lowest BCUT2D eigenvalue weighted by Crippen LogP contribution is -2.04. The molecule has 5 heteroatoms. The number of anilines is 2. The van der Waals surface area contributed by atoms with Crippen molar-refractivity contribution in [2.24, 2.45) is 0 Å². The summed E-state index contributed by atoms with van der Waals surface area (Å²) in [6, 6.07) is 7.82. The molecule has 0 saturated carbocycles. The summed E-state index contributed by atoms with van der Waals surface area (Å²) in [5.74, 6) is 0.300. The Morgan fingerprint density at radius 1 is 1.29 bits per heavy atom. The lowest BCUT2D eigenvalue weighted by molar-refractivity contribution is 0.875. The molecule has 0 unspecified atom stereocenters. The van der Waals surface area contributed by atoms with Crippen LogP contribution in [0.5, 0.6) is 0 Å². The monoisotopic (exact) mass is 227 g/mol. The zero-order valence-electron chi connectivity index (χ0n) is 9.73. The van der Waals surface area contributed by atoms with Crippen LogP contribution < -0.4 is 11.5 Å². The molecule has 0 aliphatic heterocycles. The number of hydrogen-bond donors (Lipinski definition) is 2. The number of rotatable bonds is 1. The summed E-state index contributed by atoms with van der Waals surface area (Å²) in [5, 5.41) is 12.9. The molecule has 1 heterocycles. The number of nitrogens with zero attached hydrogens (tertiary/aromatic N) is 3. The Hall–Kier alpha value is -2.48. The molecule has 0 spiro atoms. The van der Waals surface area contributed by atoms with E-state index in [4.69, 9.17) is 16.7 Å². The minimum Gasteiger partial charge on any atom is -0.393 e. The maximum absolute atomic E-state index is 8.86. The second-order valence-electron chi connectivity index (χ2n) is 3.96. The fourth-order valence-electron chi connectivity index (χ4n) is 1.75. The molecule has 1 aromatic heterocycles. The van der Waals surface area contributed by atoms with Crippen molar-refractivity contribution < 1.29 is 0 Å². The first-order valence-corrected chi connectivity index (χ1v) is 5.16. The smallest absolute Gasteiger partial charge is 0.188 e. The van der Waals surface area contributed by atoms with Gasteiger partial charge in [0.2, 0.25) is 0 Å². The highest BCUT2D eigenvalue weighted by Gasteiger charge is 2.14. The molecule has 0 atom stereocenters. The highest BCUT2D eigenvalue weighted by Crippen LogP contribution is 2.24. The van der Waals surface area contributed by atoms with Crippen LogP contribution in [-0.4, -0.2) is 9.78 Å². The minimum atomic E-state index is 0.155. The number of hydrogen-bond acceptors (Lipinski definition) is 4. The van der Waals surface area contributed by atoms with E-state index in [2.05, 4.69) is 5.10 Å². The van der Waals surface area contributed by atoms with E-state index in [1.165, 1.54) is 4.68 Å². The van der Waals surface area contributed by atoms with Gasteiger partial charge in [0.25, 0.3) is 0 Å². The molecule has 17 heavy (non-hydrogen) atoms. The van der Waals surface area contributed by atoms with Gasteiger partial charge in [0, 0.05) is 0 Å². The van der Waals surface area contributed by atoms with E-state index in [9.17, 15) is 0 Å². The van der Waals surface area contributed by atoms with Crippen LogP contribution in [0.1, 0.15) is 16.8 Å². The largest absolute Gasteiger partial charge is 0.393 e. The Labute approximate surface area is 99.3 Å². The molecule has 2 aromatic rings. The summed E-state index contributed by atoms with van der Waals surface area (Å²) in [5.41, 5.74) is 15.0. The predicted molar refractivity (Wildman–Crippen MR) is 66.6 cm³/mol. The summed E-state index contributed by atoms with van der Waals surface area (Å²) in [6.07, 6.45) is 0. The number of aryl methyl sites for hydroxylation is 2. The zero-order chi connectivity index (χ0) is 12.6. The molecular formula is C12H13N5. The van der Waals surface area contributed by atoms with Crippen molar-refractivity contribution in [3.05, 3.63) is 35.0 Å². The first kappa shape index (κ1) is 11.0.